The number of rotatable bonds is 4. The monoisotopic (exact) mass is 197 g/mol. The van der Waals surface area contributed by atoms with Gasteiger partial charge in [0.25, 0.3) is 0 Å². The highest BCUT2D eigenvalue weighted by molar-refractivity contribution is 5.77. The molecule has 2 nitrogen and oxygen atoms in total. The van der Waals surface area contributed by atoms with Crippen LogP contribution in [0.25, 0.3) is 0 Å². The van der Waals surface area contributed by atoms with Gasteiger partial charge in [-0.3, -0.25) is 4.79 Å². The van der Waals surface area contributed by atoms with Crippen LogP contribution in [0.3, 0.4) is 0 Å². The number of hydrogen-bond donors (Lipinski definition) is 0. The van der Waals surface area contributed by atoms with Crippen LogP contribution in [0.5, 0.6) is 0 Å². The van der Waals surface area contributed by atoms with Gasteiger partial charge in [0.2, 0.25) is 5.91 Å². The van der Waals surface area contributed by atoms with E-state index >= 15 is 0 Å². The molecule has 0 atom stereocenters. The molecule has 0 aromatic rings. The Morgan fingerprint density at radius 2 is 1.71 bits per heavy atom. The van der Waals surface area contributed by atoms with Crippen molar-refractivity contribution in [3.05, 3.63) is 0 Å². The van der Waals surface area contributed by atoms with Crippen LogP contribution in [0.4, 0.5) is 0 Å². The molecule has 0 spiro atoms. The van der Waals surface area contributed by atoms with E-state index in [2.05, 4.69) is 20.8 Å². The number of hydrogen-bond acceptors (Lipinski definition) is 1. The maximum atomic E-state index is 11.9. The fourth-order valence-corrected chi connectivity index (χ4v) is 1.94. The van der Waals surface area contributed by atoms with Gasteiger partial charge in [0.05, 0.1) is 0 Å². The predicted octanol–water partition coefficient (Wildman–Crippen LogP) is 2.83. The highest BCUT2D eigenvalue weighted by Gasteiger charge is 2.27. The fraction of sp³-hybridized carbons (Fsp3) is 0.917. The van der Waals surface area contributed by atoms with Crippen LogP contribution in [-0.2, 0) is 4.79 Å². The Labute approximate surface area is 87.7 Å². The van der Waals surface area contributed by atoms with Gasteiger partial charge < -0.3 is 4.90 Å². The average molecular weight is 197 g/mol. The molecule has 1 rings (SSSR count). The topological polar surface area (TPSA) is 20.3 Å². The standard InChI is InChI=1S/C12H23NO/c1-4-12(3,5-2)10-11(14)13-8-6-7-9-13/h4-10H2,1-3H3. The first-order chi connectivity index (χ1) is 6.61. The van der Waals surface area contributed by atoms with E-state index in [1.54, 1.807) is 0 Å². The van der Waals surface area contributed by atoms with E-state index in [0.29, 0.717) is 5.91 Å². The molecule has 1 aliphatic rings. The molecule has 0 aliphatic carbocycles. The first kappa shape index (κ1) is 11.5. The summed E-state index contributed by atoms with van der Waals surface area (Å²) in [4.78, 5) is 13.9. The Kier molecular flexibility index (Phi) is 3.97. The third-order valence-electron chi connectivity index (χ3n) is 3.74. The van der Waals surface area contributed by atoms with E-state index in [1.165, 1.54) is 12.8 Å². The van der Waals surface area contributed by atoms with Gasteiger partial charge in [-0.15, -0.1) is 0 Å². The smallest absolute Gasteiger partial charge is 0.223 e. The van der Waals surface area contributed by atoms with Gasteiger partial charge >= 0.3 is 0 Å². The fourth-order valence-electron chi connectivity index (χ4n) is 1.94. The van der Waals surface area contributed by atoms with Crippen molar-refractivity contribution in [1.82, 2.24) is 4.90 Å². The van der Waals surface area contributed by atoms with Crippen LogP contribution < -0.4 is 0 Å². The van der Waals surface area contributed by atoms with Crippen molar-refractivity contribution in [2.75, 3.05) is 13.1 Å². The van der Waals surface area contributed by atoms with E-state index < -0.39 is 0 Å². The van der Waals surface area contributed by atoms with Crippen LogP contribution in [0, 0.1) is 5.41 Å². The molecule has 0 aromatic carbocycles. The Balaban J connectivity index is 2.45. The lowest BCUT2D eigenvalue weighted by Gasteiger charge is -2.28. The van der Waals surface area contributed by atoms with E-state index in [4.69, 9.17) is 0 Å². The van der Waals surface area contributed by atoms with Crippen molar-refractivity contribution in [1.29, 1.82) is 0 Å². The first-order valence-corrected chi connectivity index (χ1v) is 5.89. The molecule has 2 heteroatoms. The van der Waals surface area contributed by atoms with Crippen LogP contribution in [0.15, 0.2) is 0 Å². The Morgan fingerprint density at radius 1 is 1.21 bits per heavy atom. The van der Waals surface area contributed by atoms with Gasteiger partial charge in [0, 0.05) is 19.5 Å². The number of carbonyl (C=O) groups is 1. The summed E-state index contributed by atoms with van der Waals surface area (Å²) in [6.07, 6.45) is 5.33. The van der Waals surface area contributed by atoms with Crippen molar-refractivity contribution in [3.8, 4) is 0 Å². The van der Waals surface area contributed by atoms with Gasteiger partial charge in [-0.1, -0.05) is 33.6 Å². The van der Waals surface area contributed by atoms with E-state index in [0.717, 1.165) is 32.4 Å². The Hall–Kier alpha value is -0.530. The summed E-state index contributed by atoms with van der Waals surface area (Å²) >= 11 is 0. The third kappa shape index (κ3) is 2.73. The van der Waals surface area contributed by atoms with Crippen LogP contribution in [-0.4, -0.2) is 23.9 Å². The summed E-state index contributed by atoms with van der Waals surface area (Å²) < 4.78 is 0. The van der Waals surface area contributed by atoms with E-state index in [-0.39, 0.29) is 5.41 Å². The lowest BCUT2D eigenvalue weighted by atomic mass is 9.81. The Bertz CT molecular complexity index is 190. The maximum absolute atomic E-state index is 11.9. The molecule has 0 N–H and O–H groups in total. The molecule has 0 radical (unpaired) electrons. The van der Waals surface area contributed by atoms with Gasteiger partial charge in [-0.05, 0) is 18.3 Å². The van der Waals surface area contributed by atoms with Crippen molar-refractivity contribution in [2.24, 2.45) is 5.41 Å². The summed E-state index contributed by atoms with van der Waals surface area (Å²) in [5.74, 6) is 0.369. The molecular weight excluding hydrogens is 174 g/mol. The van der Waals surface area contributed by atoms with Gasteiger partial charge in [0.15, 0.2) is 0 Å². The van der Waals surface area contributed by atoms with Gasteiger partial charge in [-0.25, -0.2) is 0 Å². The van der Waals surface area contributed by atoms with E-state index in [1.807, 2.05) is 4.90 Å². The van der Waals surface area contributed by atoms with Gasteiger partial charge in [-0.2, -0.15) is 0 Å². The third-order valence-corrected chi connectivity index (χ3v) is 3.74. The molecule has 0 unspecified atom stereocenters. The summed E-state index contributed by atoms with van der Waals surface area (Å²) in [6, 6.07) is 0. The average Bonchev–Trinajstić information content (AvgIpc) is 2.70. The second-order valence-electron chi connectivity index (χ2n) is 4.78. The predicted molar refractivity (Wildman–Crippen MR) is 59.1 cm³/mol. The lowest BCUT2D eigenvalue weighted by molar-refractivity contribution is -0.132. The second kappa shape index (κ2) is 4.81. The summed E-state index contributed by atoms with van der Waals surface area (Å²) in [5.41, 5.74) is 0.222. The molecule has 0 aromatic heterocycles. The summed E-state index contributed by atoms with van der Waals surface area (Å²) in [6.45, 7) is 8.56. The molecule has 1 amide bonds. The number of nitrogens with zero attached hydrogens (tertiary/aromatic N) is 1. The molecule has 1 saturated heterocycles. The quantitative estimate of drug-likeness (QED) is 0.678. The minimum atomic E-state index is 0.222. The zero-order valence-corrected chi connectivity index (χ0v) is 9.81. The van der Waals surface area contributed by atoms with Crippen LogP contribution in [0.1, 0.15) is 52.9 Å². The highest BCUT2D eigenvalue weighted by Crippen LogP contribution is 2.30. The van der Waals surface area contributed by atoms with Crippen molar-refractivity contribution in [3.63, 3.8) is 0 Å². The number of likely N-dealkylation sites (tertiary alicyclic amines) is 1. The highest BCUT2D eigenvalue weighted by atomic mass is 16.2. The van der Waals surface area contributed by atoms with Gasteiger partial charge in [0.1, 0.15) is 0 Å². The second-order valence-corrected chi connectivity index (χ2v) is 4.78. The summed E-state index contributed by atoms with van der Waals surface area (Å²) in [7, 11) is 0. The van der Waals surface area contributed by atoms with Crippen molar-refractivity contribution in [2.45, 2.75) is 52.9 Å². The van der Waals surface area contributed by atoms with E-state index in [9.17, 15) is 4.79 Å². The normalized spacial score (nSPS) is 17.5. The molecule has 0 bridgehead atoms. The molecule has 1 heterocycles. The van der Waals surface area contributed by atoms with Crippen LogP contribution in [0.2, 0.25) is 0 Å². The van der Waals surface area contributed by atoms with Crippen molar-refractivity contribution >= 4 is 5.91 Å². The zero-order chi connectivity index (χ0) is 10.6. The Morgan fingerprint density at radius 3 is 2.14 bits per heavy atom. The molecular formula is C12H23NO. The lowest BCUT2D eigenvalue weighted by Crippen LogP contribution is -2.32. The largest absolute Gasteiger partial charge is 0.343 e. The first-order valence-electron chi connectivity index (χ1n) is 5.89. The molecule has 1 fully saturated rings. The minimum Gasteiger partial charge on any atom is -0.343 e. The minimum absolute atomic E-state index is 0.222. The molecule has 1 aliphatic heterocycles. The summed E-state index contributed by atoms with van der Waals surface area (Å²) in [5, 5.41) is 0. The maximum Gasteiger partial charge on any atom is 0.223 e. The molecule has 82 valence electrons. The van der Waals surface area contributed by atoms with Crippen LogP contribution >= 0.6 is 0 Å². The van der Waals surface area contributed by atoms with Crippen molar-refractivity contribution < 1.29 is 4.79 Å². The molecule has 0 saturated carbocycles. The SMILES string of the molecule is CCC(C)(CC)CC(=O)N1CCCC1. The number of amides is 1. The number of carbonyl (C=O) groups excluding carboxylic acids is 1. The zero-order valence-electron chi connectivity index (χ0n) is 9.81. The molecule has 14 heavy (non-hydrogen) atoms.